The SMILES string of the molecule is CCC(O)C(=O)O.[Cu]. The van der Waals surface area contributed by atoms with Gasteiger partial charge in [-0.1, -0.05) is 6.92 Å². The van der Waals surface area contributed by atoms with Gasteiger partial charge in [-0.3, -0.25) is 0 Å². The van der Waals surface area contributed by atoms with Crippen LogP contribution in [0.3, 0.4) is 0 Å². The van der Waals surface area contributed by atoms with Crippen molar-refractivity contribution in [3.8, 4) is 0 Å². The Balaban J connectivity index is 0. The average molecular weight is 168 g/mol. The van der Waals surface area contributed by atoms with Gasteiger partial charge in [0.05, 0.1) is 0 Å². The van der Waals surface area contributed by atoms with Crippen LogP contribution in [0.1, 0.15) is 13.3 Å². The standard InChI is InChI=1S/C4H8O3.Cu/c1-2-3(5)4(6)7;/h3,5H,2H2,1H3,(H,6,7);. The largest absolute Gasteiger partial charge is 0.479 e. The molecule has 1 unspecified atom stereocenters. The van der Waals surface area contributed by atoms with Crippen molar-refractivity contribution in [2.24, 2.45) is 0 Å². The van der Waals surface area contributed by atoms with Gasteiger partial charge in [0.1, 0.15) is 0 Å². The first-order valence-corrected chi connectivity index (χ1v) is 2.09. The summed E-state index contributed by atoms with van der Waals surface area (Å²) >= 11 is 0. The molecule has 0 heterocycles. The van der Waals surface area contributed by atoms with Crippen LogP contribution in [0, 0.1) is 0 Å². The second kappa shape index (κ2) is 5.09. The third kappa shape index (κ3) is 4.12. The van der Waals surface area contributed by atoms with Crippen molar-refractivity contribution < 1.29 is 32.1 Å². The molecule has 0 rings (SSSR count). The van der Waals surface area contributed by atoms with Crippen LogP contribution in [0.25, 0.3) is 0 Å². The number of aliphatic hydroxyl groups excluding tert-OH is 1. The van der Waals surface area contributed by atoms with Gasteiger partial charge in [0.2, 0.25) is 0 Å². The van der Waals surface area contributed by atoms with E-state index in [0.717, 1.165) is 0 Å². The van der Waals surface area contributed by atoms with Crippen molar-refractivity contribution >= 4 is 5.97 Å². The van der Waals surface area contributed by atoms with E-state index >= 15 is 0 Å². The third-order valence-electron chi connectivity index (χ3n) is 0.672. The van der Waals surface area contributed by atoms with Crippen LogP contribution in [-0.2, 0) is 21.9 Å². The fourth-order valence-electron chi connectivity index (χ4n) is 0.175. The zero-order valence-corrected chi connectivity index (χ0v) is 5.33. The van der Waals surface area contributed by atoms with Crippen molar-refractivity contribution in [2.45, 2.75) is 19.4 Å². The third-order valence-corrected chi connectivity index (χ3v) is 0.672. The normalized spacial score (nSPS) is 11.8. The van der Waals surface area contributed by atoms with E-state index in [-0.39, 0.29) is 23.5 Å². The Kier molecular flexibility index (Phi) is 6.91. The van der Waals surface area contributed by atoms with E-state index in [0.29, 0.717) is 0 Å². The molecule has 0 aliphatic heterocycles. The molecule has 8 heavy (non-hydrogen) atoms. The molecule has 0 saturated heterocycles. The monoisotopic (exact) mass is 167 g/mol. The first kappa shape index (κ1) is 10.8. The van der Waals surface area contributed by atoms with E-state index in [1.807, 2.05) is 0 Å². The Morgan fingerprint density at radius 3 is 2.12 bits per heavy atom. The number of carbonyl (C=O) groups is 1. The van der Waals surface area contributed by atoms with E-state index in [9.17, 15) is 4.79 Å². The van der Waals surface area contributed by atoms with Crippen molar-refractivity contribution in [1.82, 2.24) is 0 Å². The summed E-state index contributed by atoms with van der Waals surface area (Å²) in [6.45, 7) is 1.61. The minimum atomic E-state index is -1.18. The summed E-state index contributed by atoms with van der Waals surface area (Å²) in [5.74, 6) is -1.15. The number of aliphatic carboxylic acids is 1. The molecule has 0 aliphatic carbocycles. The number of carboxylic acids is 1. The maximum atomic E-state index is 9.68. The Morgan fingerprint density at radius 1 is 1.75 bits per heavy atom. The van der Waals surface area contributed by atoms with Crippen molar-refractivity contribution in [1.29, 1.82) is 0 Å². The fraction of sp³-hybridized carbons (Fsp3) is 0.750. The van der Waals surface area contributed by atoms with Gasteiger partial charge < -0.3 is 10.2 Å². The van der Waals surface area contributed by atoms with E-state index < -0.39 is 12.1 Å². The molecular formula is C4H8CuO3. The van der Waals surface area contributed by atoms with Gasteiger partial charge in [-0.15, -0.1) is 0 Å². The Hall–Kier alpha value is -0.0505. The number of aliphatic hydroxyl groups is 1. The predicted octanol–water partition coefficient (Wildman–Crippen LogP) is -0.161. The van der Waals surface area contributed by atoms with Crippen LogP contribution >= 0.6 is 0 Å². The van der Waals surface area contributed by atoms with E-state index in [4.69, 9.17) is 10.2 Å². The summed E-state index contributed by atoms with van der Waals surface area (Å²) in [5.41, 5.74) is 0. The molecule has 0 spiro atoms. The molecule has 1 radical (unpaired) electrons. The Bertz CT molecular complexity index is 73.7. The number of hydrogen-bond acceptors (Lipinski definition) is 2. The molecule has 0 aromatic heterocycles. The summed E-state index contributed by atoms with van der Waals surface area (Å²) < 4.78 is 0. The Labute approximate surface area is 58.2 Å². The summed E-state index contributed by atoms with van der Waals surface area (Å²) in [5, 5.41) is 16.3. The molecule has 3 nitrogen and oxygen atoms in total. The van der Waals surface area contributed by atoms with E-state index in [2.05, 4.69) is 0 Å². The summed E-state index contributed by atoms with van der Waals surface area (Å²) in [4.78, 5) is 9.68. The first-order chi connectivity index (χ1) is 3.18. The van der Waals surface area contributed by atoms with Crippen LogP contribution in [0.4, 0.5) is 0 Å². The molecule has 1 atom stereocenters. The fourth-order valence-corrected chi connectivity index (χ4v) is 0.175. The van der Waals surface area contributed by atoms with Crippen LogP contribution < -0.4 is 0 Å². The van der Waals surface area contributed by atoms with E-state index in [1.54, 1.807) is 6.92 Å². The summed E-state index contributed by atoms with van der Waals surface area (Å²) in [6, 6.07) is 0. The number of rotatable bonds is 2. The molecule has 0 saturated carbocycles. The van der Waals surface area contributed by atoms with Gasteiger partial charge in [0, 0.05) is 17.1 Å². The molecule has 0 aromatic rings. The molecule has 2 N–H and O–H groups in total. The predicted molar refractivity (Wildman–Crippen MR) is 23.9 cm³/mol. The van der Waals surface area contributed by atoms with Gasteiger partial charge in [-0.05, 0) is 6.42 Å². The van der Waals surface area contributed by atoms with Gasteiger partial charge >= 0.3 is 5.97 Å². The van der Waals surface area contributed by atoms with Crippen molar-refractivity contribution in [2.75, 3.05) is 0 Å². The van der Waals surface area contributed by atoms with Gasteiger partial charge in [-0.25, -0.2) is 4.79 Å². The van der Waals surface area contributed by atoms with Gasteiger partial charge in [0.25, 0.3) is 0 Å². The van der Waals surface area contributed by atoms with Gasteiger partial charge in [-0.2, -0.15) is 0 Å². The molecule has 4 heteroatoms. The maximum Gasteiger partial charge on any atom is 0.332 e. The van der Waals surface area contributed by atoms with Gasteiger partial charge in [0.15, 0.2) is 6.10 Å². The van der Waals surface area contributed by atoms with Crippen molar-refractivity contribution in [3.05, 3.63) is 0 Å². The second-order valence-corrected chi connectivity index (χ2v) is 1.26. The number of carboxylic acid groups (broad SMARTS) is 1. The molecule has 0 bridgehead atoms. The smallest absolute Gasteiger partial charge is 0.332 e. The second-order valence-electron chi connectivity index (χ2n) is 1.26. The molecule has 0 aromatic carbocycles. The van der Waals surface area contributed by atoms with Crippen molar-refractivity contribution in [3.63, 3.8) is 0 Å². The minimum Gasteiger partial charge on any atom is -0.479 e. The molecule has 0 fully saturated rings. The molecule has 0 amide bonds. The minimum absolute atomic E-state index is 0. The zero-order chi connectivity index (χ0) is 5.86. The zero-order valence-electron chi connectivity index (χ0n) is 4.39. The summed E-state index contributed by atoms with van der Waals surface area (Å²) in [7, 11) is 0. The Morgan fingerprint density at radius 2 is 2.12 bits per heavy atom. The van der Waals surface area contributed by atoms with Crippen LogP contribution in [0.5, 0.6) is 0 Å². The number of hydrogen-bond donors (Lipinski definition) is 2. The molecule has 53 valence electrons. The average Bonchev–Trinajstić information content (AvgIpc) is 1.65. The quantitative estimate of drug-likeness (QED) is 0.562. The molecular weight excluding hydrogens is 160 g/mol. The van der Waals surface area contributed by atoms with Crippen LogP contribution in [-0.4, -0.2) is 22.3 Å². The first-order valence-electron chi connectivity index (χ1n) is 2.09. The van der Waals surface area contributed by atoms with Crippen LogP contribution in [0.15, 0.2) is 0 Å². The topological polar surface area (TPSA) is 57.5 Å². The van der Waals surface area contributed by atoms with Crippen LogP contribution in [0.2, 0.25) is 0 Å². The van der Waals surface area contributed by atoms with E-state index in [1.165, 1.54) is 0 Å². The molecule has 0 aliphatic rings. The summed E-state index contributed by atoms with van der Waals surface area (Å²) in [6.07, 6.45) is -0.907. The maximum absolute atomic E-state index is 9.68.